The summed E-state index contributed by atoms with van der Waals surface area (Å²) >= 11 is 3.36. The molecule has 0 aromatic heterocycles. The van der Waals surface area contributed by atoms with E-state index in [4.69, 9.17) is 14.8 Å². The molecule has 8 heteroatoms. The predicted molar refractivity (Wildman–Crippen MR) is 202 cm³/mol. The number of halogens is 1. The van der Waals surface area contributed by atoms with E-state index in [0.717, 1.165) is 40.6 Å². The van der Waals surface area contributed by atoms with E-state index >= 15 is 0 Å². The van der Waals surface area contributed by atoms with Crippen LogP contribution in [-0.4, -0.2) is 11.6 Å². The number of aromatic hydroxyl groups is 1. The molecule has 0 spiro atoms. The van der Waals surface area contributed by atoms with Crippen molar-refractivity contribution in [1.82, 2.24) is 0 Å². The van der Waals surface area contributed by atoms with Gasteiger partial charge in [-0.05, 0) is 73.9 Å². The molecule has 0 aliphatic heterocycles. The van der Waals surface area contributed by atoms with Crippen molar-refractivity contribution in [2.24, 2.45) is 0 Å². The van der Waals surface area contributed by atoms with Gasteiger partial charge in [-0.15, -0.1) is 13.2 Å². The van der Waals surface area contributed by atoms with Gasteiger partial charge >= 0.3 is 103 Å². The summed E-state index contributed by atoms with van der Waals surface area (Å²) < 4.78 is 6.04. The third-order valence-corrected chi connectivity index (χ3v) is 7.02. The van der Waals surface area contributed by atoms with Gasteiger partial charge in [-0.1, -0.05) is 141 Å². The molecule has 0 unspecified atom stereocenters. The van der Waals surface area contributed by atoms with E-state index in [2.05, 4.69) is 84.2 Å². The summed E-state index contributed by atoms with van der Waals surface area (Å²) in [5, 5.41) is 19.0. The number of rotatable bonds is 9. The van der Waals surface area contributed by atoms with Crippen LogP contribution in [0.3, 0.4) is 0 Å². The first-order valence-corrected chi connectivity index (χ1v) is 16.9. The normalized spacial score (nSPS) is 8.53. The summed E-state index contributed by atoms with van der Waals surface area (Å²) in [5.74, 6) is 1.42. The molecular formula is C41H55BrK2O5. The third-order valence-electron chi connectivity index (χ3n) is 6.37. The molecule has 4 aromatic carbocycles. The Labute approximate surface area is 392 Å². The Morgan fingerprint density at radius 3 is 1.49 bits per heavy atom. The topological polar surface area (TPSA) is 78.8 Å². The molecule has 0 amide bonds. The van der Waals surface area contributed by atoms with Gasteiger partial charge in [0.2, 0.25) is 0 Å². The maximum Gasteiger partial charge on any atom is 1.00 e. The number of allylic oxidation sites excluding steroid dienone is 2. The van der Waals surface area contributed by atoms with Crippen LogP contribution in [-0.2, 0) is 34.5 Å². The van der Waals surface area contributed by atoms with E-state index in [1.807, 2.05) is 102 Å². The van der Waals surface area contributed by atoms with E-state index in [9.17, 15) is 5.11 Å². The molecular weight excluding hydrogens is 731 g/mol. The van der Waals surface area contributed by atoms with Crippen LogP contribution in [0.25, 0.3) is 0 Å². The Kier molecular flexibility index (Phi) is 41.4. The van der Waals surface area contributed by atoms with Gasteiger partial charge in [0.05, 0.1) is 0 Å². The smallest absolute Gasteiger partial charge is 1.00 e. The molecule has 0 atom stereocenters. The molecule has 4 aromatic rings. The number of ether oxygens (including phenoxy) is 1. The quantitative estimate of drug-likeness (QED) is 0.0675. The van der Waals surface area contributed by atoms with E-state index in [1.165, 1.54) is 27.8 Å². The molecule has 5 nitrogen and oxygen atoms in total. The predicted octanol–water partition coefficient (Wildman–Crippen LogP) is 4.54. The summed E-state index contributed by atoms with van der Waals surface area (Å²) in [6.45, 7) is 24.0. The summed E-state index contributed by atoms with van der Waals surface area (Å²) in [4.78, 5) is 11.2. The Morgan fingerprint density at radius 1 is 0.694 bits per heavy atom. The minimum absolute atomic E-state index is 0. The second-order valence-electron chi connectivity index (χ2n) is 9.61. The molecule has 49 heavy (non-hydrogen) atoms. The molecule has 0 radical (unpaired) electrons. The Morgan fingerprint density at radius 2 is 1.08 bits per heavy atom. The summed E-state index contributed by atoms with van der Waals surface area (Å²) in [6.07, 6.45) is 5.32. The van der Waals surface area contributed by atoms with Crippen LogP contribution in [0.4, 0.5) is 0 Å². The minimum Gasteiger partial charge on any atom is -1.00 e. The maximum atomic E-state index is 9.66. The number of phenolic OH excluding ortho intramolecular Hbond substituents is 1. The zero-order chi connectivity index (χ0) is 36.0. The molecule has 258 valence electrons. The monoisotopic (exact) mass is 784 g/mol. The van der Waals surface area contributed by atoms with E-state index in [-0.39, 0.29) is 111 Å². The molecule has 0 fully saturated rings. The van der Waals surface area contributed by atoms with E-state index in [1.54, 1.807) is 0 Å². The third kappa shape index (κ3) is 24.1. The second kappa shape index (κ2) is 36.9. The SMILES string of the molecule is BrCc1ccccc1.C=CCc1c(C)ccc(C)c1O.C=CCc1c(C)ccc(C)c1OCc1ccccc1.CC.CC.O=CO[O-].[H-].[K+].[K+]. The fourth-order valence-corrected chi connectivity index (χ4v) is 4.37. The number of benzene rings is 4. The van der Waals surface area contributed by atoms with Crippen LogP contribution in [0.15, 0.2) is 110 Å². The Balaban J connectivity index is -0.000000189. The summed E-state index contributed by atoms with van der Waals surface area (Å²) in [7, 11) is 0. The van der Waals surface area contributed by atoms with E-state index in [0.29, 0.717) is 12.4 Å². The Hall–Kier alpha value is -0.857. The first kappa shape index (κ1) is 54.9. The molecule has 0 saturated heterocycles. The molecule has 4 rings (SSSR count). The van der Waals surface area contributed by atoms with Gasteiger partial charge in [-0.25, -0.2) is 0 Å². The van der Waals surface area contributed by atoms with Crippen LogP contribution < -0.4 is 113 Å². The van der Waals surface area contributed by atoms with Crippen LogP contribution in [0.2, 0.25) is 0 Å². The molecule has 0 aliphatic rings. The maximum absolute atomic E-state index is 9.66. The largest absolute Gasteiger partial charge is 1.00 e. The van der Waals surface area contributed by atoms with Gasteiger partial charge in [0, 0.05) is 16.5 Å². The van der Waals surface area contributed by atoms with Crippen molar-refractivity contribution in [1.29, 1.82) is 0 Å². The first-order chi connectivity index (χ1) is 22.7. The molecule has 0 aliphatic carbocycles. The fourth-order valence-electron chi connectivity index (χ4n) is 4.00. The van der Waals surface area contributed by atoms with Crippen molar-refractivity contribution >= 4 is 22.4 Å². The summed E-state index contributed by atoms with van der Waals surface area (Å²) in [6, 6.07) is 28.7. The van der Waals surface area contributed by atoms with Crippen molar-refractivity contribution in [3.05, 3.63) is 155 Å². The number of aryl methyl sites for hydroxylation is 4. The molecule has 0 bridgehead atoms. The van der Waals surface area contributed by atoms with Gasteiger partial charge in [-0.3, -0.25) is 4.79 Å². The van der Waals surface area contributed by atoms with Crippen molar-refractivity contribution in [2.45, 2.75) is 80.2 Å². The molecule has 1 N–H and O–H groups in total. The van der Waals surface area contributed by atoms with Gasteiger partial charge < -0.3 is 21.4 Å². The van der Waals surface area contributed by atoms with Crippen molar-refractivity contribution < 1.29 is 129 Å². The summed E-state index contributed by atoms with van der Waals surface area (Å²) in [5.41, 5.74) is 9.23. The van der Waals surface area contributed by atoms with Gasteiger partial charge in [-0.2, -0.15) is 0 Å². The van der Waals surface area contributed by atoms with E-state index < -0.39 is 0 Å². The standard InChI is InChI=1S/C18H20O.C11H14O.C7H7Br.2C2H6.CH2O3.2K.H/c1-4-8-17-14(2)11-12-15(3)18(17)19-13-16-9-6-5-7-10-16;1-4-5-10-8(2)6-7-9(3)11(10)12;8-6-7-4-2-1-3-5-7;2*1-2;2-1-4-3;;;/h4-7,9-12H,1,8,13H2,2-3H3;4,6-7,12H,1,5H2,2-3H3;1-5H,6H2;2*1-2H3;1,3H;;;/q;;;;;;2*+1;-1/p-1. The number of hydrogen-bond acceptors (Lipinski definition) is 5. The van der Waals surface area contributed by atoms with Crippen LogP contribution in [0, 0.1) is 27.7 Å². The van der Waals surface area contributed by atoms with Crippen molar-refractivity contribution in [2.75, 3.05) is 0 Å². The molecule has 0 saturated carbocycles. The second-order valence-corrected chi connectivity index (χ2v) is 10.2. The number of phenols is 1. The Bertz CT molecular complexity index is 1410. The van der Waals surface area contributed by atoms with Gasteiger partial charge in [0.1, 0.15) is 18.1 Å². The molecule has 0 heterocycles. The fraction of sp³-hybridized carbons (Fsp3) is 0.293. The zero-order valence-electron chi connectivity index (χ0n) is 32.5. The van der Waals surface area contributed by atoms with Crippen LogP contribution >= 0.6 is 15.9 Å². The average Bonchev–Trinajstić information content (AvgIpc) is 3.13. The van der Waals surface area contributed by atoms with Crippen LogP contribution in [0.1, 0.15) is 73.6 Å². The van der Waals surface area contributed by atoms with Gasteiger partial charge in [0.15, 0.2) is 0 Å². The van der Waals surface area contributed by atoms with Gasteiger partial charge in [0.25, 0.3) is 6.47 Å². The first-order valence-electron chi connectivity index (χ1n) is 15.8. The average molecular weight is 786 g/mol. The zero-order valence-corrected chi connectivity index (χ0v) is 39.3. The van der Waals surface area contributed by atoms with Crippen molar-refractivity contribution in [3.8, 4) is 11.5 Å². The van der Waals surface area contributed by atoms with Crippen molar-refractivity contribution in [3.63, 3.8) is 0 Å². The number of carbonyl (C=O) groups is 1. The number of carbonyl (C=O) groups excluding carboxylic acids is 1. The minimum atomic E-state index is -0.181. The number of alkyl halides is 1. The number of hydrogen-bond donors (Lipinski definition) is 1. The van der Waals surface area contributed by atoms with Crippen LogP contribution in [0.5, 0.6) is 11.5 Å².